The minimum atomic E-state index is -0.301. The second-order valence-electron chi connectivity index (χ2n) is 4.50. The first-order valence-corrected chi connectivity index (χ1v) is 5.91. The Bertz CT molecular complexity index is 203. The molecule has 1 fully saturated rings. The van der Waals surface area contributed by atoms with Gasteiger partial charge in [-0.2, -0.15) is 12.6 Å². The molecule has 1 aliphatic rings. The predicted molar refractivity (Wildman–Crippen MR) is 60.5 cm³/mol. The molecule has 4 unspecified atom stereocenters. The summed E-state index contributed by atoms with van der Waals surface area (Å²) < 4.78 is 5.36. The maximum absolute atomic E-state index is 11.3. The van der Waals surface area contributed by atoms with E-state index in [4.69, 9.17) is 4.74 Å². The summed E-state index contributed by atoms with van der Waals surface area (Å²) in [5, 5.41) is -0.301. The molecule has 0 heterocycles. The fourth-order valence-electron chi connectivity index (χ4n) is 1.87. The van der Waals surface area contributed by atoms with E-state index < -0.39 is 0 Å². The molecule has 0 aromatic heterocycles. The van der Waals surface area contributed by atoms with Gasteiger partial charge in [-0.1, -0.05) is 13.8 Å². The Balaban J connectivity index is 2.37. The Hall–Kier alpha value is -0.180. The summed E-state index contributed by atoms with van der Waals surface area (Å²) in [5.74, 6) is 1.25. The molecule has 82 valence electrons. The topological polar surface area (TPSA) is 26.3 Å². The number of esters is 1. The standard InChI is InChI=1S/C11H20O2S/c1-7-4-5-10(6-8(7)2)13-11(12)9(3)14/h7-10,14H,4-6H2,1-3H3. The number of hydrogen-bond donors (Lipinski definition) is 1. The van der Waals surface area contributed by atoms with Crippen LogP contribution in [0.15, 0.2) is 0 Å². The fourth-order valence-corrected chi connectivity index (χ4v) is 1.93. The lowest BCUT2D eigenvalue weighted by atomic mass is 9.80. The highest BCUT2D eigenvalue weighted by atomic mass is 32.1. The SMILES string of the molecule is CC(S)C(=O)OC1CCC(C)C(C)C1. The van der Waals surface area contributed by atoms with Gasteiger partial charge in [-0.25, -0.2) is 0 Å². The summed E-state index contributed by atoms with van der Waals surface area (Å²) in [6, 6.07) is 0. The lowest BCUT2D eigenvalue weighted by molar-refractivity contribution is -0.150. The second-order valence-corrected chi connectivity index (χ2v) is 5.28. The van der Waals surface area contributed by atoms with Gasteiger partial charge in [-0.3, -0.25) is 4.79 Å². The summed E-state index contributed by atoms with van der Waals surface area (Å²) in [7, 11) is 0. The summed E-state index contributed by atoms with van der Waals surface area (Å²) in [6.45, 7) is 6.25. The van der Waals surface area contributed by atoms with E-state index in [1.807, 2.05) is 0 Å². The number of thiol groups is 1. The number of ether oxygens (including phenoxy) is 1. The van der Waals surface area contributed by atoms with E-state index in [1.54, 1.807) is 6.92 Å². The maximum Gasteiger partial charge on any atom is 0.318 e. The summed E-state index contributed by atoms with van der Waals surface area (Å²) in [6.07, 6.45) is 3.31. The van der Waals surface area contributed by atoms with Crippen LogP contribution in [-0.4, -0.2) is 17.3 Å². The van der Waals surface area contributed by atoms with Crippen molar-refractivity contribution >= 4 is 18.6 Å². The predicted octanol–water partition coefficient (Wildman–Crippen LogP) is 2.67. The fraction of sp³-hybridized carbons (Fsp3) is 0.909. The van der Waals surface area contributed by atoms with Crippen LogP contribution in [0, 0.1) is 11.8 Å². The summed E-state index contributed by atoms with van der Waals surface area (Å²) in [5.41, 5.74) is 0. The van der Waals surface area contributed by atoms with Gasteiger partial charge >= 0.3 is 5.97 Å². The van der Waals surface area contributed by atoms with E-state index in [2.05, 4.69) is 26.5 Å². The van der Waals surface area contributed by atoms with E-state index >= 15 is 0 Å². The number of rotatable bonds is 2. The molecule has 1 rings (SSSR count). The zero-order valence-electron chi connectivity index (χ0n) is 9.19. The van der Waals surface area contributed by atoms with Crippen molar-refractivity contribution in [2.24, 2.45) is 11.8 Å². The Morgan fingerprint density at radius 1 is 1.36 bits per heavy atom. The van der Waals surface area contributed by atoms with Crippen molar-refractivity contribution < 1.29 is 9.53 Å². The zero-order valence-corrected chi connectivity index (χ0v) is 10.1. The van der Waals surface area contributed by atoms with E-state index in [0.717, 1.165) is 18.8 Å². The molecule has 14 heavy (non-hydrogen) atoms. The van der Waals surface area contributed by atoms with Gasteiger partial charge < -0.3 is 4.74 Å². The number of hydrogen-bond acceptors (Lipinski definition) is 3. The molecule has 0 aromatic rings. The maximum atomic E-state index is 11.3. The summed E-state index contributed by atoms with van der Waals surface area (Å²) >= 11 is 4.06. The molecule has 0 aliphatic heterocycles. The highest BCUT2D eigenvalue weighted by Gasteiger charge is 2.27. The van der Waals surface area contributed by atoms with Crippen LogP contribution in [0.3, 0.4) is 0 Å². The number of carbonyl (C=O) groups excluding carboxylic acids is 1. The van der Waals surface area contributed by atoms with Crippen molar-refractivity contribution in [2.75, 3.05) is 0 Å². The zero-order chi connectivity index (χ0) is 10.7. The Morgan fingerprint density at radius 3 is 2.50 bits per heavy atom. The van der Waals surface area contributed by atoms with Crippen LogP contribution in [0.2, 0.25) is 0 Å². The third-order valence-electron chi connectivity index (χ3n) is 3.17. The Morgan fingerprint density at radius 2 is 2.00 bits per heavy atom. The first kappa shape index (κ1) is 11.9. The molecule has 0 radical (unpaired) electrons. The molecular weight excluding hydrogens is 196 g/mol. The highest BCUT2D eigenvalue weighted by molar-refractivity contribution is 7.81. The van der Waals surface area contributed by atoms with Gasteiger partial charge in [0.1, 0.15) is 6.10 Å². The first-order chi connectivity index (χ1) is 6.50. The van der Waals surface area contributed by atoms with Gasteiger partial charge in [0.15, 0.2) is 0 Å². The van der Waals surface area contributed by atoms with Crippen molar-refractivity contribution in [1.29, 1.82) is 0 Å². The van der Waals surface area contributed by atoms with Crippen LogP contribution in [0.1, 0.15) is 40.0 Å². The minimum absolute atomic E-state index is 0.128. The third-order valence-corrected chi connectivity index (χ3v) is 3.38. The molecule has 0 bridgehead atoms. The molecular formula is C11H20O2S. The van der Waals surface area contributed by atoms with E-state index in [-0.39, 0.29) is 17.3 Å². The van der Waals surface area contributed by atoms with Crippen LogP contribution in [0.4, 0.5) is 0 Å². The van der Waals surface area contributed by atoms with E-state index in [0.29, 0.717) is 5.92 Å². The molecule has 0 spiro atoms. The molecule has 2 nitrogen and oxygen atoms in total. The average molecular weight is 216 g/mol. The van der Waals surface area contributed by atoms with Gasteiger partial charge in [0.2, 0.25) is 0 Å². The van der Waals surface area contributed by atoms with Crippen molar-refractivity contribution in [1.82, 2.24) is 0 Å². The van der Waals surface area contributed by atoms with Crippen LogP contribution in [0.25, 0.3) is 0 Å². The molecule has 0 N–H and O–H groups in total. The van der Waals surface area contributed by atoms with Crippen LogP contribution < -0.4 is 0 Å². The van der Waals surface area contributed by atoms with Crippen molar-refractivity contribution in [3.8, 4) is 0 Å². The van der Waals surface area contributed by atoms with Crippen molar-refractivity contribution in [3.05, 3.63) is 0 Å². The Kier molecular flexibility index (Phi) is 4.30. The largest absolute Gasteiger partial charge is 0.462 e. The molecule has 0 amide bonds. The van der Waals surface area contributed by atoms with Gasteiger partial charge in [-0.05, 0) is 38.0 Å². The lowest BCUT2D eigenvalue weighted by Gasteiger charge is -2.31. The molecule has 0 saturated heterocycles. The Labute approximate surface area is 91.8 Å². The monoisotopic (exact) mass is 216 g/mol. The molecule has 3 heteroatoms. The van der Waals surface area contributed by atoms with Crippen LogP contribution in [-0.2, 0) is 9.53 Å². The third kappa shape index (κ3) is 3.19. The summed E-state index contributed by atoms with van der Waals surface area (Å²) in [4.78, 5) is 11.3. The van der Waals surface area contributed by atoms with Crippen LogP contribution >= 0.6 is 12.6 Å². The van der Waals surface area contributed by atoms with Gasteiger partial charge in [0, 0.05) is 0 Å². The van der Waals surface area contributed by atoms with Crippen molar-refractivity contribution in [2.45, 2.75) is 51.4 Å². The highest BCUT2D eigenvalue weighted by Crippen LogP contribution is 2.31. The van der Waals surface area contributed by atoms with E-state index in [9.17, 15) is 4.79 Å². The van der Waals surface area contributed by atoms with Gasteiger partial charge in [0.25, 0.3) is 0 Å². The quantitative estimate of drug-likeness (QED) is 0.567. The minimum Gasteiger partial charge on any atom is -0.462 e. The van der Waals surface area contributed by atoms with Crippen molar-refractivity contribution in [3.63, 3.8) is 0 Å². The molecule has 4 atom stereocenters. The molecule has 0 aromatic carbocycles. The molecule has 1 aliphatic carbocycles. The second kappa shape index (κ2) is 5.06. The first-order valence-electron chi connectivity index (χ1n) is 5.39. The smallest absolute Gasteiger partial charge is 0.318 e. The van der Waals surface area contributed by atoms with Gasteiger partial charge in [0.05, 0.1) is 5.25 Å². The number of carbonyl (C=O) groups is 1. The van der Waals surface area contributed by atoms with Gasteiger partial charge in [-0.15, -0.1) is 0 Å². The average Bonchev–Trinajstić information content (AvgIpc) is 2.11. The lowest BCUT2D eigenvalue weighted by Crippen LogP contribution is -2.30. The van der Waals surface area contributed by atoms with E-state index in [1.165, 1.54) is 6.42 Å². The molecule has 1 saturated carbocycles. The van der Waals surface area contributed by atoms with Crippen LogP contribution in [0.5, 0.6) is 0 Å². The normalized spacial score (nSPS) is 35.0.